The van der Waals surface area contributed by atoms with Gasteiger partial charge in [0.25, 0.3) is 0 Å². The maximum Gasteiger partial charge on any atom is 0.408 e. The van der Waals surface area contributed by atoms with Crippen LogP contribution in [0.3, 0.4) is 0 Å². The average molecular weight is 587 g/mol. The molecule has 196 valence electrons. The lowest BCUT2D eigenvalue weighted by atomic mass is 9.96. The molecule has 0 fully saturated rings. The van der Waals surface area contributed by atoms with Crippen LogP contribution in [-0.4, -0.2) is 40.4 Å². The van der Waals surface area contributed by atoms with Gasteiger partial charge in [-0.3, -0.25) is 14.5 Å². The zero-order valence-electron chi connectivity index (χ0n) is 20.9. The molecule has 0 heterocycles. The normalized spacial score (nSPS) is 12.8. The number of nitrogens with one attached hydrogen (secondary N) is 1. The molecule has 0 saturated heterocycles. The van der Waals surface area contributed by atoms with Gasteiger partial charge in [-0.15, -0.1) is 0 Å². The molecule has 1 atom stereocenters. The predicted molar refractivity (Wildman–Crippen MR) is 151 cm³/mol. The molecule has 39 heavy (non-hydrogen) atoms. The van der Waals surface area contributed by atoms with E-state index in [1.54, 1.807) is 12.1 Å². The number of fused-ring (bicyclic) bond motifs is 3. The first-order chi connectivity index (χ1) is 18.8. The van der Waals surface area contributed by atoms with Gasteiger partial charge in [0.2, 0.25) is 5.91 Å². The van der Waals surface area contributed by atoms with E-state index in [9.17, 15) is 23.9 Å². The van der Waals surface area contributed by atoms with E-state index in [4.69, 9.17) is 0 Å². The largest absolute Gasteiger partial charge is 0.465 e. The maximum absolute atomic E-state index is 14.4. The maximum atomic E-state index is 14.4. The Labute approximate surface area is 233 Å². The minimum atomic E-state index is -1.24. The highest BCUT2D eigenvalue weighted by Crippen LogP contribution is 2.45. The smallest absolute Gasteiger partial charge is 0.408 e. The van der Waals surface area contributed by atoms with E-state index in [2.05, 4.69) is 21.2 Å². The molecule has 2 amide bonds. The molecule has 0 unspecified atom stereocenters. The third-order valence-electron chi connectivity index (χ3n) is 7.04. The van der Waals surface area contributed by atoms with Crippen LogP contribution < -0.4 is 5.32 Å². The predicted octanol–water partition coefficient (Wildman–Crippen LogP) is 6.94. The second kappa shape index (κ2) is 10.8. The van der Waals surface area contributed by atoms with Crippen LogP contribution in [0.15, 0.2) is 95.5 Å². The lowest BCUT2D eigenvalue weighted by molar-refractivity contribution is -0.120. The Bertz CT molecular complexity index is 1560. The van der Waals surface area contributed by atoms with Crippen molar-refractivity contribution in [3.05, 3.63) is 124 Å². The van der Waals surface area contributed by atoms with Crippen molar-refractivity contribution in [1.82, 2.24) is 4.90 Å². The Morgan fingerprint density at radius 1 is 0.897 bits per heavy atom. The minimum Gasteiger partial charge on any atom is -0.465 e. The standard InChI is InChI=1S/C31H24BrFN2O4/c1-18(30(37)34-28-15-14-19(32)16-25(28)29(36)24-12-6-7-13-27(24)33)35(31(38)39)17-26-22-10-4-2-8-20(22)21-9-3-5-11-23(21)26/h2-16,18,26H,17H2,1H3,(H,34,37)(H,38,39)/t18-/m0/s1. The number of amides is 2. The fourth-order valence-corrected chi connectivity index (χ4v) is 5.40. The Balaban J connectivity index is 1.42. The van der Waals surface area contributed by atoms with Gasteiger partial charge in [-0.2, -0.15) is 0 Å². The molecule has 0 saturated carbocycles. The van der Waals surface area contributed by atoms with Gasteiger partial charge < -0.3 is 10.4 Å². The molecule has 0 bridgehead atoms. The summed E-state index contributed by atoms with van der Waals surface area (Å²) in [7, 11) is 0. The summed E-state index contributed by atoms with van der Waals surface area (Å²) in [6, 6.07) is 24.9. The molecule has 1 aliphatic carbocycles. The van der Waals surface area contributed by atoms with Crippen LogP contribution in [0.5, 0.6) is 0 Å². The number of hydrogen-bond acceptors (Lipinski definition) is 3. The van der Waals surface area contributed by atoms with E-state index in [0.717, 1.165) is 27.2 Å². The Morgan fingerprint density at radius 3 is 2.10 bits per heavy atom. The van der Waals surface area contributed by atoms with Crippen LogP contribution in [-0.2, 0) is 4.79 Å². The third kappa shape index (κ3) is 5.07. The number of hydrogen-bond donors (Lipinski definition) is 2. The van der Waals surface area contributed by atoms with Gasteiger partial charge in [-0.1, -0.05) is 76.6 Å². The van der Waals surface area contributed by atoms with Crippen LogP contribution in [0.4, 0.5) is 14.9 Å². The van der Waals surface area contributed by atoms with Crippen LogP contribution in [0.2, 0.25) is 0 Å². The van der Waals surface area contributed by atoms with Crippen LogP contribution in [0, 0.1) is 5.82 Å². The number of carbonyl (C=O) groups is 3. The summed E-state index contributed by atoms with van der Waals surface area (Å²) in [4.78, 5) is 40.1. The van der Waals surface area contributed by atoms with E-state index in [-0.39, 0.29) is 29.3 Å². The van der Waals surface area contributed by atoms with Gasteiger partial charge in [0, 0.05) is 22.5 Å². The first kappa shape index (κ1) is 26.3. The summed E-state index contributed by atoms with van der Waals surface area (Å²) in [5.41, 5.74) is 4.20. The number of benzene rings is 4. The average Bonchev–Trinajstić information content (AvgIpc) is 3.25. The molecule has 0 radical (unpaired) electrons. The third-order valence-corrected chi connectivity index (χ3v) is 7.53. The quantitative estimate of drug-likeness (QED) is 0.230. The molecule has 4 aromatic rings. The Morgan fingerprint density at radius 2 is 1.49 bits per heavy atom. The van der Waals surface area contributed by atoms with Crippen molar-refractivity contribution in [3.63, 3.8) is 0 Å². The van der Waals surface area contributed by atoms with Crippen molar-refractivity contribution in [2.45, 2.75) is 18.9 Å². The van der Waals surface area contributed by atoms with E-state index < -0.39 is 29.6 Å². The monoisotopic (exact) mass is 586 g/mol. The Kier molecular flexibility index (Phi) is 7.30. The molecule has 8 heteroatoms. The number of halogens is 2. The number of carbonyl (C=O) groups excluding carboxylic acids is 2. The van der Waals surface area contributed by atoms with Crippen molar-refractivity contribution in [1.29, 1.82) is 0 Å². The first-order valence-electron chi connectivity index (χ1n) is 12.3. The van der Waals surface area contributed by atoms with E-state index in [1.807, 2.05) is 48.5 Å². The number of carboxylic acid groups (broad SMARTS) is 1. The molecule has 4 aromatic carbocycles. The topological polar surface area (TPSA) is 86.7 Å². The number of nitrogens with zero attached hydrogens (tertiary/aromatic N) is 1. The zero-order valence-corrected chi connectivity index (χ0v) is 22.5. The summed E-state index contributed by atoms with van der Waals surface area (Å²) in [6.45, 7) is 1.58. The van der Waals surface area contributed by atoms with Crippen molar-refractivity contribution in [3.8, 4) is 11.1 Å². The van der Waals surface area contributed by atoms with Gasteiger partial charge in [0.1, 0.15) is 11.9 Å². The van der Waals surface area contributed by atoms with Crippen LogP contribution in [0.25, 0.3) is 11.1 Å². The van der Waals surface area contributed by atoms with Crippen molar-refractivity contribution in [2.24, 2.45) is 0 Å². The highest BCUT2D eigenvalue weighted by molar-refractivity contribution is 9.10. The molecule has 5 rings (SSSR count). The summed E-state index contributed by atoms with van der Waals surface area (Å²) >= 11 is 3.32. The van der Waals surface area contributed by atoms with Crippen molar-refractivity contribution < 1.29 is 23.9 Å². The molecule has 1 aliphatic rings. The summed E-state index contributed by atoms with van der Waals surface area (Å²) in [5, 5.41) is 12.8. The van der Waals surface area contributed by atoms with Gasteiger partial charge in [0.15, 0.2) is 5.78 Å². The number of rotatable bonds is 7. The van der Waals surface area contributed by atoms with Gasteiger partial charge >= 0.3 is 6.09 Å². The SMILES string of the molecule is C[C@@H](C(=O)Nc1ccc(Br)cc1C(=O)c1ccccc1F)N(CC1c2ccccc2-c2ccccc21)C(=O)O. The molecule has 2 N–H and O–H groups in total. The van der Waals surface area contributed by atoms with E-state index in [0.29, 0.717) is 4.47 Å². The van der Waals surface area contributed by atoms with Crippen LogP contribution in [0.1, 0.15) is 39.9 Å². The summed E-state index contributed by atoms with van der Waals surface area (Å²) in [6.07, 6.45) is -1.24. The fraction of sp³-hybridized carbons (Fsp3) is 0.129. The molecular weight excluding hydrogens is 563 g/mol. The molecule has 0 spiro atoms. The zero-order chi connectivity index (χ0) is 27.7. The van der Waals surface area contributed by atoms with Gasteiger partial charge in [0.05, 0.1) is 11.3 Å². The lowest BCUT2D eigenvalue weighted by Crippen LogP contribution is -2.46. The lowest BCUT2D eigenvalue weighted by Gasteiger charge is -2.29. The number of ketones is 1. The van der Waals surface area contributed by atoms with Gasteiger partial charge in [-0.05, 0) is 59.5 Å². The van der Waals surface area contributed by atoms with Crippen molar-refractivity contribution >= 4 is 39.4 Å². The minimum absolute atomic E-state index is 0.0687. The molecule has 6 nitrogen and oxygen atoms in total. The summed E-state index contributed by atoms with van der Waals surface area (Å²) in [5.74, 6) is -2.13. The highest BCUT2D eigenvalue weighted by atomic mass is 79.9. The first-order valence-corrected chi connectivity index (χ1v) is 13.1. The van der Waals surface area contributed by atoms with E-state index >= 15 is 0 Å². The molecular formula is C31H24BrFN2O4. The van der Waals surface area contributed by atoms with E-state index in [1.165, 1.54) is 37.3 Å². The van der Waals surface area contributed by atoms with Crippen molar-refractivity contribution in [2.75, 3.05) is 11.9 Å². The highest BCUT2D eigenvalue weighted by Gasteiger charge is 2.34. The molecule has 0 aliphatic heterocycles. The Hall–Kier alpha value is -4.30. The van der Waals surface area contributed by atoms with Gasteiger partial charge in [-0.25, -0.2) is 9.18 Å². The number of anilines is 1. The second-order valence-corrected chi connectivity index (χ2v) is 10.2. The fourth-order valence-electron chi connectivity index (χ4n) is 5.04. The second-order valence-electron chi connectivity index (χ2n) is 9.33. The summed E-state index contributed by atoms with van der Waals surface area (Å²) < 4.78 is 14.9. The molecule has 0 aromatic heterocycles. The van der Waals surface area contributed by atoms with Crippen LogP contribution >= 0.6 is 15.9 Å².